The summed E-state index contributed by atoms with van der Waals surface area (Å²) in [6.07, 6.45) is 3.41. The summed E-state index contributed by atoms with van der Waals surface area (Å²) in [6.45, 7) is 2.13. The van der Waals surface area contributed by atoms with Crippen LogP contribution < -0.4 is 11.1 Å². The minimum atomic E-state index is -0.202. The molecule has 1 heterocycles. The van der Waals surface area contributed by atoms with E-state index in [4.69, 9.17) is 14.9 Å². The molecule has 3 rings (SSSR count). The van der Waals surface area contributed by atoms with Crippen LogP contribution in [0, 0.1) is 5.92 Å². The van der Waals surface area contributed by atoms with Gasteiger partial charge in [-0.2, -0.15) is 0 Å². The van der Waals surface area contributed by atoms with Gasteiger partial charge in [0.05, 0.1) is 0 Å². The van der Waals surface area contributed by atoms with Crippen molar-refractivity contribution in [1.82, 2.24) is 5.32 Å². The average molecular weight is 288 g/mol. The lowest BCUT2D eigenvalue weighted by molar-refractivity contribution is 0.0913. The van der Waals surface area contributed by atoms with E-state index in [1.807, 2.05) is 0 Å². The molecule has 3 N–H and O–H groups in total. The van der Waals surface area contributed by atoms with E-state index in [9.17, 15) is 4.79 Å². The quantitative estimate of drug-likeness (QED) is 0.606. The van der Waals surface area contributed by atoms with Crippen molar-refractivity contribution in [3.05, 3.63) is 30.0 Å². The average Bonchev–Trinajstić information content (AvgIpc) is 3.19. The number of carbonyl (C=O) groups is 1. The number of rotatable bonds is 7. The minimum absolute atomic E-state index is 0.202. The van der Waals surface area contributed by atoms with E-state index in [-0.39, 0.29) is 5.91 Å². The SMILES string of the molecule is Nc1ccc2oc(C(=O)NCCCOCC3CC3)cc2c1. The summed E-state index contributed by atoms with van der Waals surface area (Å²) >= 11 is 0. The Bertz CT molecular complexity index is 631. The highest BCUT2D eigenvalue weighted by Crippen LogP contribution is 2.28. The number of amides is 1. The molecule has 0 saturated heterocycles. The number of fused-ring (bicyclic) bond motifs is 1. The van der Waals surface area contributed by atoms with E-state index in [1.165, 1.54) is 12.8 Å². The Kier molecular flexibility index (Phi) is 4.10. The van der Waals surface area contributed by atoms with Crippen molar-refractivity contribution < 1.29 is 13.9 Å². The molecule has 112 valence electrons. The fraction of sp³-hybridized carbons (Fsp3) is 0.438. The van der Waals surface area contributed by atoms with Crippen molar-refractivity contribution in [1.29, 1.82) is 0 Å². The van der Waals surface area contributed by atoms with Gasteiger partial charge in [-0.1, -0.05) is 0 Å². The van der Waals surface area contributed by atoms with Crippen molar-refractivity contribution in [3.8, 4) is 0 Å². The molecule has 0 radical (unpaired) electrons. The molecule has 1 aromatic carbocycles. The molecule has 1 amide bonds. The van der Waals surface area contributed by atoms with Crippen LogP contribution in [0.5, 0.6) is 0 Å². The number of nitrogens with two attached hydrogens (primary N) is 1. The lowest BCUT2D eigenvalue weighted by atomic mass is 10.2. The fourth-order valence-corrected chi connectivity index (χ4v) is 2.17. The molecule has 1 aromatic heterocycles. The van der Waals surface area contributed by atoms with E-state index >= 15 is 0 Å². The number of hydrogen-bond donors (Lipinski definition) is 2. The van der Waals surface area contributed by atoms with Crippen LogP contribution in [0.4, 0.5) is 5.69 Å². The van der Waals surface area contributed by atoms with Crippen LogP contribution in [-0.4, -0.2) is 25.7 Å². The zero-order valence-electron chi connectivity index (χ0n) is 11.9. The molecule has 0 aliphatic heterocycles. The first-order chi connectivity index (χ1) is 10.2. The summed E-state index contributed by atoms with van der Waals surface area (Å²) in [5.41, 5.74) is 7.03. The predicted molar refractivity (Wildman–Crippen MR) is 81.1 cm³/mol. The summed E-state index contributed by atoms with van der Waals surface area (Å²) in [4.78, 5) is 12.0. The van der Waals surface area contributed by atoms with Crippen LogP contribution in [0.15, 0.2) is 28.7 Å². The van der Waals surface area contributed by atoms with Gasteiger partial charge in [0.25, 0.3) is 5.91 Å². The number of nitrogen functional groups attached to an aromatic ring is 1. The number of nitrogens with one attached hydrogen (secondary N) is 1. The highest BCUT2D eigenvalue weighted by Gasteiger charge is 2.20. The second-order valence-electron chi connectivity index (χ2n) is 5.54. The second-order valence-corrected chi connectivity index (χ2v) is 5.54. The Hall–Kier alpha value is -2.01. The molecule has 0 spiro atoms. The maximum absolute atomic E-state index is 12.0. The monoisotopic (exact) mass is 288 g/mol. The highest BCUT2D eigenvalue weighted by atomic mass is 16.5. The van der Waals surface area contributed by atoms with Crippen molar-refractivity contribution in [3.63, 3.8) is 0 Å². The first kappa shape index (κ1) is 13.9. The largest absolute Gasteiger partial charge is 0.451 e. The Morgan fingerprint density at radius 2 is 2.24 bits per heavy atom. The van der Waals surface area contributed by atoms with Gasteiger partial charge in [0.2, 0.25) is 0 Å². The van der Waals surface area contributed by atoms with Gasteiger partial charge < -0.3 is 20.2 Å². The van der Waals surface area contributed by atoms with Gasteiger partial charge >= 0.3 is 0 Å². The molecule has 5 heteroatoms. The zero-order chi connectivity index (χ0) is 14.7. The first-order valence-electron chi connectivity index (χ1n) is 7.37. The highest BCUT2D eigenvalue weighted by molar-refractivity contribution is 5.96. The lowest BCUT2D eigenvalue weighted by Crippen LogP contribution is -2.24. The second kappa shape index (κ2) is 6.18. The number of anilines is 1. The Labute approximate surface area is 123 Å². The summed E-state index contributed by atoms with van der Waals surface area (Å²) in [5.74, 6) is 0.893. The molecule has 2 aromatic rings. The van der Waals surface area contributed by atoms with E-state index in [1.54, 1.807) is 24.3 Å². The number of ether oxygens (including phenoxy) is 1. The maximum Gasteiger partial charge on any atom is 0.287 e. The van der Waals surface area contributed by atoms with Gasteiger partial charge in [-0.3, -0.25) is 4.79 Å². The van der Waals surface area contributed by atoms with Crippen LogP contribution in [0.25, 0.3) is 11.0 Å². The number of carbonyl (C=O) groups excluding carboxylic acids is 1. The smallest absolute Gasteiger partial charge is 0.287 e. The van der Waals surface area contributed by atoms with Gasteiger partial charge in [-0.25, -0.2) is 0 Å². The third kappa shape index (κ3) is 3.76. The van der Waals surface area contributed by atoms with Crippen LogP contribution in [0.3, 0.4) is 0 Å². The van der Waals surface area contributed by atoms with Gasteiger partial charge in [0.1, 0.15) is 5.58 Å². The summed E-state index contributed by atoms with van der Waals surface area (Å²) in [5, 5.41) is 3.68. The molecule has 5 nitrogen and oxygen atoms in total. The van der Waals surface area contributed by atoms with Crippen molar-refractivity contribution >= 4 is 22.6 Å². The number of benzene rings is 1. The summed E-state index contributed by atoms with van der Waals surface area (Å²) < 4.78 is 11.0. The van der Waals surface area contributed by atoms with Crippen molar-refractivity contribution in [2.24, 2.45) is 5.92 Å². The van der Waals surface area contributed by atoms with Crippen LogP contribution >= 0.6 is 0 Å². The van der Waals surface area contributed by atoms with Crippen molar-refractivity contribution in [2.45, 2.75) is 19.3 Å². The fourth-order valence-electron chi connectivity index (χ4n) is 2.17. The molecule has 21 heavy (non-hydrogen) atoms. The number of hydrogen-bond acceptors (Lipinski definition) is 4. The van der Waals surface area contributed by atoms with Crippen molar-refractivity contribution in [2.75, 3.05) is 25.5 Å². The van der Waals surface area contributed by atoms with E-state index < -0.39 is 0 Å². The van der Waals surface area contributed by atoms with Crippen LogP contribution in [0.2, 0.25) is 0 Å². The van der Waals surface area contributed by atoms with Gasteiger partial charge in [0.15, 0.2) is 5.76 Å². The van der Waals surface area contributed by atoms with Crippen LogP contribution in [-0.2, 0) is 4.74 Å². The standard InChI is InChI=1S/C16H20N2O3/c17-13-4-5-14-12(8-13)9-15(21-14)16(19)18-6-1-7-20-10-11-2-3-11/h4-5,8-9,11H,1-3,6-7,10,17H2,(H,18,19). The van der Waals surface area contributed by atoms with Gasteiger partial charge in [0, 0.05) is 30.8 Å². The third-order valence-electron chi connectivity index (χ3n) is 3.57. The van der Waals surface area contributed by atoms with Gasteiger partial charge in [-0.15, -0.1) is 0 Å². The van der Waals surface area contributed by atoms with E-state index in [2.05, 4.69) is 5.32 Å². The molecule has 1 saturated carbocycles. The summed E-state index contributed by atoms with van der Waals surface area (Å²) in [6, 6.07) is 7.03. The molecule has 1 aliphatic carbocycles. The van der Waals surface area contributed by atoms with E-state index in [0.29, 0.717) is 30.2 Å². The molecular weight excluding hydrogens is 268 g/mol. The molecule has 0 atom stereocenters. The summed E-state index contributed by atoms with van der Waals surface area (Å²) in [7, 11) is 0. The molecule has 0 bridgehead atoms. The molecular formula is C16H20N2O3. The zero-order valence-corrected chi connectivity index (χ0v) is 11.9. The lowest BCUT2D eigenvalue weighted by Gasteiger charge is -2.04. The van der Waals surface area contributed by atoms with E-state index in [0.717, 1.165) is 24.3 Å². The Morgan fingerprint density at radius 3 is 3.05 bits per heavy atom. The predicted octanol–water partition coefficient (Wildman–Crippen LogP) is 2.56. The molecule has 1 fully saturated rings. The number of furan rings is 1. The molecule has 0 unspecified atom stereocenters. The Balaban J connectivity index is 1.44. The first-order valence-corrected chi connectivity index (χ1v) is 7.37. The normalized spacial score (nSPS) is 14.5. The third-order valence-corrected chi connectivity index (χ3v) is 3.57. The van der Waals surface area contributed by atoms with Crippen LogP contribution in [0.1, 0.15) is 29.8 Å². The topological polar surface area (TPSA) is 77.5 Å². The maximum atomic E-state index is 12.0. The minimum Gasteiger partial charge on any atom is -0.451 e. The Morgan fingerprint density at radius 1 is 1.38 bits per heavy atom. The van der Waals surface area contributed by atoms with Gasteiger partial charge in [-0.05, 0) is 49.4 Å². The molecule has 1 aliphatic rings.